The molecule has 1 unspecified atom stereocenters. The van der Waals surface area contributed by atoms with Gasteiger partial charge < -0.3 is 14.8 Å². The van der Waals surface area contributed by atoms with Crippen LogP contribution in [0.15, 0.2) is 42.5 Å². The smallest absolute Gasteiger partial charge is 0.163 e. The quantitative estimate of drug-likeness (QED) is 0.935. The van der Waals surface area contributed by atoms with E-state index in [9.17, 15) is 0 Å². The number of anilines is 1. The van der Waals surface area contributed by atoms with Gasteiger partial charge in [-0.2, -0.15) is 5.26 Å². The Bertz CT molecular complexity index is 691. The van der Waals surface area contributed by atoms with E-state index < -0.39 is 0 Å². The van der Waals surface area contributed by atoms with E-state index in [-0.39, 0.29) is 6.04 Å². The number of benzene rings is 2. The Morgan fingerprint density at radius 3 is 2.71 bits per heavy atom. The van der Waals surface area contributed by atoms with Crippen molar-refractivity contribution >= 4 is 5.69 Å². The highest BCUT2D eigenvalue weighted by Gasteiger charge is 2.13. The maximum Gasteiger partial charge on any atom is 0.163 e. The molecule has 0 saturated heterocycles. The first kappa shape index (κ1) is 13.3. The van der Waals surface area contributed by atoms with Crippen LogP contribution in [-0.2, 0) is 0 Å². The SMILES string of the molecule is CC(Nc1ccc2c(c1)OCCO2)c1cccc(C#N)c1. The van der Waals surface area contributed by atoms with E-state index in [0.29, 0.717) is 18.8 Å². The molecular weight excluding hydrogens is 264 g/mol. The lowest BCUT2D eigenvalue weighted by Gasteiger charge is -2.21. The van der Waals surface area contributed by atoms with Crippen LogP contribution in [0.3, 0.4) is 0 Å². The predicted molar refractivity (Wildman–Crippen MR) is 80.6 cm³/mol. The molecule has 0 bridgehead atoms. The highest BCUT2D eigenvalue weighted by atomic mass is 16.6. The number of ether oxygens (including phenoxy) is 2. The van der Waals surface area contributed by atoms with Crippen molar-refractivity contribution in [3.63, 3.8) is 0 Å². The Hall–Kier alpha value is -2.67. The molecule has 0 aliphatic carbocycles. The van der Waals surface area contributed by atoms with Crippen molar-refractivity contribution in [3.05, 3.63) is 53.6 Å². The summed E-state index contributed by atoms with van der Waals surface area (Å²) in [6.07, 6.45) is 0. The van der Waals surface area contributed by atoms with Crippen molar-refractivity contribution < 1.29 is 9.47 Å². The van der Waals surface area contributed by atoms with Crippen LogP contribution in [0.2, 0.25) is 0 Å². The summed E-state index contributed by atoms with van der Waals surface area (Å²) >= 11 is 0. The summed E-state index contributed by atoms with van der Waals surface area (Å²) in [5.74, 6) is 1.55. The molecule has 4 heteroatoms. The monoisotopic (exact) mass is 280 g/mol. The Morgan fingerprint density at radius 2 is 1.90 bits per heavy atom. The minimum Gasteiger partial charge on any atom is -0.486 e. The molecule has 106 valence electrons. The van der Waals surface area contributed by atoms with E-state index in [4.69, 9.17) is 14.7 Å². The maximum absolute atomic E-state index is 8.97. The molecule has 1 aliphatic heterocycles. The maximum atomic E-state index is 8.97. The Morgan fingerprint density at radius 1 is 1.10 bits per heavy atom. The number of rotatable bonds is 3. The molecule has 3 rings (SSSR count). The number of hydrogen-bond donors (Lipinski definition) is 1. The van der Waals surface area contributed by atoms with E-state index in [0.717, 1.165) is 22.7 Å². The third-order valence-electron chi connectivity index (χ3n) is 3.44. The van der Waals surface area contributed by atoms with Gasteiger partial charge >= 0.3 is 0 Å². The lowest BCUT2D eigenvalue weighted by molar-refractivity contribution is 0.171. The van der Waals surface area contributed by atoms with E-state index in [2.05, 4.69) is 18.3 Å². The second kappa shape index (κ2) is 5.76. The predicted octanol–water partition coefficient (Wildman–Crippen LogP) is 3.50. The molecule has 1 atom stereocenters. The summed E-state index contributed by atoms with van der Waals surface area (Å²) in [4.78, 5) is 0. The molecule has 0 fully saturated rings. The van der Waals surface area contributed by atoms with Gasteiger partial charge in [-0.1, -0.05) is 12.1 Å². The molecule has 21 heavy (non-hydrogen) atoms. The topological polar surface area (TPSA) is 54.3 Å². The van der Waals surface area contributed by atoms with E-state index in [1.54, 1.807) is 6.07 Å². The van der Waals surface area contributed by atoms with Gasteiger partial charge in [-0.05, 0) is 36.8 Å². The normalized spacial score (nSPS) is 14.1. The van der Waals surface area contributed by atoms with Crippen LogP contribution in [-0.4, -0.2) is 13.2 Å². The number of hydrogen-bond acceptors (Lipinski definition) is 4. The van der Waals surface area contributed by atoms with Crippen LogP contribution < -0.4 is 14.8 Å². The zero-order chi connectivity index (χ0) is 14.7. The lowest BCUT2D eigenvalue weighted by atomic mass is 10.1. The fourth-order valence-corrected chi connectivity index (χ4v) is 2.34. The van der Waals surface area contributed by atoms with Gasteiger partial charge in [0.25, 0.3) is 0 Å². The standard InChI is InChI=1S/C17H16N2O2/c1-12(14-4-2-3-13(9-14)11-18)19-15-5-6-16-17(10-15)21-8-7-20-16/h2-6,9-10,12,19H,7-8H2,1H3. The molecule has 0 aromatic heterocycles. The first-order valence-electron chi connectivity index (χ1n) is 6.92. The fourth-order valence-electron chi connectivity index (χ4n) is 2.34. The highest BCUT2D eigenvalue weighted by molar-refractivity contribution is 5.56. The molecule has 1 heterocycles. The highest BCUT2D eigenvalue weighted by Crippen LogP contribution is 2.33. The number of nitrogens with one attached hydrogen (secondary N) is 1. The van der Waals surface area contributed by atoms with Crippen LogP contribution in [0.25, 0.3) is 0 Å². The number of nitrogens with zero attached hydrogens (tertiary/aromatic N) is 1. The summed E-state index contributed by atoms with van der Waals surface area (Å²) < 4.78 is 11.1. The molecule has 1 aliphatic rings. The second-order valence-corrected chi connectivity index (χ2v) is 4.96. The summed E-state index contributed by atoms with van der Waals surface area (Å²) in [6, 6.07) is 15.7. The lowest BCUT2D eigenvalue weighted by Crippen LogP contribution is -2.15. The summed E-state index contributed by atoms with van der Waals surface area (Å²) in [6.45, 7) is 3.24. The van der Waals surface area contributed by atoms with Crippen LogP contribution in [0.4, 0.5) is 5.69 Å². The van der Waals surface area contributed by atoms with Crippen molar-refractivity contribution in [2.24, 2.45) is 0 Å². The van der Waals surface area contributed by atoms with Crippen molar-refractivity contribution in [1.82, 2.24) is 0 Å². The van der Waals surface area contributed by atoms with E-state index in [1.165, 1.54) is 0 Å². The van der Waals surface area contributed by atoms with Gasteiger partial charge in [0.2, 0.25) is 0 Å². The minimum absolute atomic E-state index is 0.0980. The molecule has 2 aromatic carbocycles. The molecule has 1 N–H and O–H groups in total. The fraction of sp³-hybridized carbons (Fsp3) is 0.235. The van der Waals surface area contributed by atoms with Gasteiger partial charge in [-0.15, -0.1) is 0 Å². The third kappa shape index (κ3) is 2.92. The molecule has 2 aromatic rings. The Labute approximate surface area is 123 Å². The molecule has 0 spiro atoms. The molecular formula is C17H16N2O2. The Kier molecular flexibility index (Phi) is 3.65. The van der Waals surface area contributed by atoms with E-state index in [1.807, 2.05) is 36.4 Å². The Balaban J connectivity index is 1.78. The first-order valence-corrected chi connectivity index (χ1v) is 6.92. The molecule has 0 radical (unpaired) electrons. The van der Waals surface area contributed by atoms with Crippen LogP contribution in [0, 0.1) is 11.3 Å². The van der Waals surface area contributed by atoms with Crippen molar-refractivity contribution in [2.45, 2.75) is 13.0 Å². The summed E-state index contributed by atoms with van der Waals surface area (Å²) in [5, 5.41) is 12.4. The summed E-state index contributed by atoms with van der Waals surface area (Å²) in [7, 11) is 0. The zero-order valence-electron chi connectivity index (χ0n) is 11.8. The van der Waals surface area contributed by atoms with Gasteiger partial charge in [-0.25, -0.2) is 0 Å². The first-order chi connectivity index (χ1) is 10.3. The van der Waals surface area contributed by atoms with Crippen molar-refractivity contribution in [2.75, 3.05) is 18.5 Å². The van der Waals surface area contributed by atoms with Crippen LogP contribution >= 0.6 is 0 Å². The second-order valence-electron chi connectivity index (χ2n) is 4.96. The average Bonchev–Trinajstić information content (AvgIpc) is 2.54. The van der Waals surface area contributed by atoms with Gasteiger partial charge in [0.05, 0.1) is 11.6 Å². The largest absolute Gasteiger partial charge is 0.486 e. The molecule has 4 nitrogen and oxygen atoms in total. The van der Waals surface area contributed by atoms with Crippen molar-refractivity contribution in [3.8, 4) is 17.6 Å². The molecule has 0 saturated carbocycles. The average molecular weight is 280 g/mol. The van der Waals surface area contributed by atoms with E-state index >= 15 is 0 Å². The van der Waals surface area contributed by atoms with Crippen molar-refractivity contribution in [1.29, 1.82) is 5.26 Å². The van der Waals surface area contributed by atoms with Gasteiger partial charge in [0, 0.05) is 17.8 Å². The number of fused-ring (bicyclic) bond motifs is 1. The third-order valence-corrected chi connectivity index (χ3v) is 3.44. The minimum atomic E-state index is 0.0980. The summed E-state index contributed by atoms with van der Waals surface area (Å²) in [5.41, 5.74) is 2.71. The van der Waals surface area contributed by atoms with Crippen LogP contribution in [0.1, 0.15) is 24.1 Å². The molecule has 0 amide bonds. The van der Waals surface area contributed by atoms with Crippen LogP contribution in [0.5, 0.6) is 11.5 Å². The van der Waals surface area contributed by atoms with Gasteiger partial charge in [-0.3, -0.25) is 0 Å². The zero-order valence-corrected chi connectivity index (χ0v) is 11.8. The van der Waals surface area contributed by atoms with Gasteiger partial charge in [0.15, 0.2) is 11.5 Å². The van der Waals surface area contributed by atoms with Gasteiger partial charge in [0.1, 0.15) is 13.2 Å². The number of nitriles is 1.